The number of hydrogen-bond acceptors (Lipinski definition) is 4. The first-order valence-corrected chi connectivity index (χ1v) is 15.2. The highest BCUT2D eigenvalue weighted by Gasteiger charge is 2.33. The quantitative estimate of drug-likeness (QED) is 0.302. The third-order valence-corrected chi connectivity index (χ3v) is 7.97. The molecular formula is C31H38FN3O4S. The maximum Gasteiger partial charge on any atom is 0.244 e. The van der Waals surface area contributed by atoms with Crippen molar-refractivity contribution in [1.29, 1.82) is 0 Å². The Morgan fingerprint density at radius 3 is 2.20 bits per heavy atom. The Morgan fingerprint density at radius 1 is 0.925 bits per heavy atom. The van der Waals surface area contributed by atoms with Crippen molar-refractivity contribution in [2.75, 3.05) is 23.7 Å². The van der Waals surface area contributed by atoms with Gasteiger partial charge in [-0.25, -0.2) is 12.8 Å². The number of aryl methyl sites for hydroxylation is 2. The van der Waals surface area contributed by atoms with Crippen LogP contribution in [0.4, 0.5) is 10.1 Å². The number of unbranched alkanes of at least 4 members (excludes halogenated alkanes) is 1. The van der Waals surface area contributed by atoms with Gasteiger partial charge in [0.05, 0.1) is 11.9 Å². The molecular weight excluding hydrogens is 529 g/mol. The highest BCUT2D eigenvalue weighted by atomic mass is 32.2. The molecule has 0 aliphatic heterocycles. The zero-order valence-corrected chi connectivity index (χ0v) is 24.4. The van der Waals surface area contributed by atoms with E-state index in [4.69, 9.17) is 0 Å². The Hall–Kier alpha value is -3.72. The number of halogens is 1. The van der Waals surface area contributed by atoms with E-state index in [1.54, 1.807) is 24.3 Å². The first kappa shape index (κ1) is 30.8. The minimum Gasteiger partial charge on any atom is -0.354 e. The minimum atomic E-state index is -3.84. The van der Waals surface area contributed by atoms with Crippen LogP contribution < -0.4 is 9.62 Å². The molecule has 214 valence electrons. The van der Waals surface area contributed by atoms with Gasteiger partial charge in [0.1, 0.15) is 18.4 Å². The van der Waals surface area contributed by atoms with Crippen LogP contribution in [0, 0.1) is 19.7 Å². The summed E-state index contributed by atoms with van der Waals surface area (Å²) in [5, 5.41) is 2.94. The topological polar surface area (TPSA) is 86.8 Å². The normalized spacial score (nSPS) is 12.0. The molecule has 9 heteroatoms. The molecule has 0 fully saturated rings. The predicted octanol–water partition coefficient (Wildman–Crippen LogP) is 4.76. The van der Waals surface area contributed by atoms with Gasteiger partial charge in [0, 0.05) is 19.5 Å². The van der Waals surface area contributed by atoms with E-state index in [1.807, 2.05) is 57.2 Å². The van der Waals surface area contributed by atoms with Crippen LogP contribution in [-0.4, -0.2) is 50.5 Å². The van der Waals surface area contributed by atoms with E-state index in [0.29, 0.717) is 17.8 Å². The van der Waals surface area contributed by atoms with Gasteiger partial charge >= 0.3 is 0 Å². The molecule has 3 rings (SSSR count). The van der Waals surface area contributed by atoms with Crippen molar-refractivity contribution in [1.82, 2.24) is 10.2 Å². The second-order valence-electron chi connectivity index (χ2n) is 10.0. The number of nitrogens with zero attached hydrogens (tertiary/aromatic N) is 2. The Kier molecular flexibility index (Phi) is 10.8. The van der Waals surface area contributed by atoms with E-state index in [1.165, 1.54) is 17.0 Å². The maximum absolute atomic E-state index is 14.0. The van der Waals surface area contributed by atoms with Crippen molar-refractivity contribution in [2.45, 2.75) is 52.6 Å². The summed E-state index contributed by atoms with van der Waals surface area (Å²) >= 11 is 0. The van der Waals surface area contributed by atoms with Crippen LogP contribution in [0.15, 0.2) is 72.8 Å². The molecule has 0 bridgehead atoms. The summed E-state index contributed by atoms with van der Waals surface area (Å²) in [6.45, 7) is 5.78. The number of sulfonamides is 1. The summed E-state index contributed by atoms with van der Waals surface area (Å²) < 4.78 is 40.5. The molecule has 1 N–H and O–H groups in total. The zero-order chi connectivity index (χ0) is 29.3. The SMILES string of the molecule is CCCCNC(=O)[C@@H](Cc1ccccc1)N(Cc1ccc(F)cc1)C(=O)CN(c1ccc(C)c(C)c1)S(C)(=O)=O. The predicted molar refractivity (Wildman–Crippen MR) is 157 cm³/mol. The third-order valence-electron chi connectivity index (χ3n) is 6.82. The average Bonchev–Trinajstić information content (AvgIpc) is 2.92. The number of rotatable bonds is 13. The summed E-state index contributed by atoms with van der Waals surface area (Å²) in [7, 11) is -3.84. The summed E-state index contributed by atoms with van der Waals surface area (Å²) in [6, 6.07) is 19.3. The number of anilines is 1. The second kappa shape index (κ2) is 14.1. The third kappa shape index (κ3) is 8.64. The van der Waals surface area contributed by atoms with Gasteiger partial charge in [0.2, 0.25) is 21.8 Å². The van der Waals surface area contributed by atoms with Gasteiger partial charge in [-0.2, -0.15) is 0 Å². The van der Waals surface area contributed by atoms with Gasteiger partial charge in [-0.1, -0.05) is 61.9 Å². The largest absolute Gasteiger partial charge is 0.354 e. The maximum atomic E-state index is 14.0. The van der Waals surface area contributed by atoms with Gasteiger partial charge in [-0.15, -0.1) is 0 Å². The van der Waals surface area contributed by atoms with Crippen LogP contribution in [0.25, 0.3) is 0 Å². The molecule has 0 saturated carbocycles. The smallest absolute Gasteiger partial charge is 0.244 e. The number of benzene rings is 3. The molecule has 0 heterocycles. The molecule has 40 heavy (non-hydrogen) atoms. The fraction of sp³-hybridized carbons (Fsp3) is 0.355. The number of carbonyl (C=O) groups is 2. The van der Waals surface area contributed by atoms with Gasteiger partial charge in [-0.3, -0.25) is 13.9 Å². The van der Waals surface area contributed by atoms with Crippen LogP contribution in [-0.2, 0) is 32.6 Å². The molecule has 3 aromatic rings. The van der Waals surface area contributed by atoms with Crippen LogP contribution >= 0.6 is 0 Å². The molecule has 0 spiro atoms. The molecule has 2 amide bonds. The molecule has 0 aliphatic rings. The van der Waals surface area contributed by atoms with E-state index >= 15 is 0 Å². The van der Waals surface area contributed by atoms with Crippen LogP contribution in [0.2, 0.25) is 0 Å². The average molecular weight is 568 g/mol. The summed E-state index contributed by atoms with van der Waals surface area (Å²) in [4.78, 5) is 29.0. The van der Waals surface area contributed by atoms with Crippen molar-refractivity contribution in [3.8, 4) is 0 Å². The Morgan fingerprint density at radius 2 is 1.60 bits per heavy atom. The van der Waals surface area contributed by atoms with Gasteiger partial charge < -0.3 is 10.2 Å². The van der Waals surface area contributed by atoms with Gasteiger partial charge in [0.15, 0.2) is 0 Å². The molecule has 3 aromatic carbocycles. The lowest BCUT2D eigenvalue weighted by molar-refractivity contribution is -0.140. The van der Waals surface area contributed by atoms with Gasteiger partial charge in [0.25, 0.3) is 0 Å². The number of carbonyl (C=O) groups excluding carboxylic acids is 2. The molecule has 0 radical (unpaired) electrons. The van der Waals surface area contributed by atoms with Crippen molar-refractivity contribution in [3.05, 3.63) is 101 Å². The summed E-state index contributed by atoms with van der Waals surface area (Å²) in [6.07, 6.45) is 2.96. The molecule has 0 unspecified atom stereocenters. The first-order chi connectivity index (χ1) is 19.0. The Labute approximate surface area is 237 Å². The molecule has 0 aliphatic carbocycles. The summed E-state index contributed by atoms with van der Waals surface area (Å²) in [5.74, 6) is -1.29. The molecule has 0 aromatic heterocycles. The van der Waals surface area contributed by atoms with E-state index in [0.717, 1.165) is 40.1 Å². The molecule has 0 saturated heterocycles. The van der Waals surface area contributed by atoms with Crippen LogP contribution in [0.3, 0.4) is 0 Å². The van der Waals surface area contributed by atoms with Crippen molar-refractivity contribution in [2.24, 2.45) is 0 Å². The number of nitrogens with one attached hydrogen (secondary N) is 1. The number of hydrogen-bond donors (Lipinski definition) is 1. The highest BCUT2D eigenvalue weighted by molar-refractivity contribution is 7.92. The van der Waals surface area contributed by atoms with Gasteiger partial charge in [-0.05, 0) is 66.8 Å². The Bertz CT molecular complexity index is 1400. The fourth-order valence-corrected chi connectivity index (χ4v) is 5.18. The van der Waals surface area contributed by atoms with Crippen LogP contribution in [0.5, 0.6) is 0 Å². The first-order valence-electron chi connectivity index (χ1n) is 13.4. The molecule has 1 atom stereocenters. The summed E-state index contributed by atoms with van der Waals surface area (Å²) in [5.41, 5.74) is 3.72. The van der Waals surface area contributed by atoms with E-state index in [-0.39, 0.29) is 18.9 Å². The monoisotopic (exact) mass is 567 g/mol. The number of amides is 2. The lowest BCUT2D eigenvalue weighted by Gasteiger charge is -2.33. The van der Waals surface area contributed by atoms with E-state index in [2.05, 4.69) is 5.32 Å². The zero-order valence-electron chi connectivity index (χ0n) is 23.6. The van der Waals surface area contributed by atoms with E-state index < -0.39 is 34.3 Å². The van der Waals surface area contributed by atoms with Crippen molar-refractivity contribution < 1.29 is 22.4 Å². The Balaban J connectivity index is 2.03. The minimum absolute atomic E-state index is 0.00232. The lowest BCUT2D eigenvalue weighted by atomic mass is 10.0. The second-order valence-corrected chi connectivity index (χ2v) is 11.9. The lowest BCUT2D eigenvalue weighted by Crippen LogP contribution is -2.53. The fourth-order valence-electron chi connectivity index (χ4n) is 4.34. The standard InChI is InChI=1S/C31H38FN3O4S/c1-5-6-18-33-31(37)29(20-25-10-8-7-9-11-25)34(21-26-13-15-27(32)16-14-26)30(36)22-35(40(4,38)39)28-17-12-23(2)24(3)19-28/h7-17,19,29H,5-6,18,20-22H2,1-4H3,(H,33,37)/t29-/m1/s1. The molecule has 7 nitrogen and oxygen atoms in total. The van der Waals surface area contributed by atoms with Crippen LogP contribution in [0.1, 0.15) is 42.0 Å². The van der Waals surface area contributed by atoms with Crippen molar-refractivity contribution in [3.63, 3.8) is 0 Å². The van der Waals surface area contributed by atoms with Crippen molar-refractivity contribution >= 4 is 27.5 Å². The van der Waals surface area contributed by atoms with E-state index in [9.17, 15) is 22.4 Å². The highest BCUT2D eigenvalue weighted by Crippen LogP contribution is 2.23.